The van der Waals surface area contributed by atoms with Crippen LogP contribution in [0.4, 0.5) is 0 Å². The van der Waals surface area contributed by atoms with E-state index in [1.54, 1.807) is 6.92 Å². The van der Waals surface area contributed by atoms with Gasteiger partial charge in [0.2, 0.25) is 0 Å². The summed E-state index contributed by atoms with van der Waals surface area (Å²) in [6, 6.07) is 9.91. The van der Waals surface area contributed by atoms with Crippen LogP contribution in [-0.2, 0) is 25.6 Å². The molecule has 21 heavy (non-hydrogen) atoms. The SMILES string of the molecule is CCOC1(C)C(CCc2ccccc2)C(=O)ON1C(C)=O. The van der Waals surface area contributed by atoms with E-state index >= 15 is 0 Å². The van der Waals surface area contributed by atoms with Crippen molar-refractivity contribution in [3.05, 3.63) is 35.9 Å². The van der Waals surface area contributed by atoms with Gasteiger partial charge >= 0.3 is 5.97 Å². The molecule has 0 radical (unpaired) electrons. The molecule has 114 valence electrons. The molecule has 0 aromatic heterocycles. The van der Waals surface area contributed by atoms with E-state index < -0.39 is 17.6 Å². The maximum atomic E-state index is 12.1. The van der Waals surface area contributed by atoms with Crippen molar-refractivity contribution in [3.8, 4) is 0 Å². The van der Waals surface area contributed by atoms with Gasteiger partial charge in [0.25, 0.3) is 5.91 Å². The standard InChI is InChI=1S/C16H21NO4/c1-4-20-16(3)14(15(19)21-17(16)12(2)18)11-10-13-8-6-5-7-9-13/h5-9,14H,4,10-11H2,1-3H3. The summed E-state index contributed by atoms with van der Waals surface area (Å²) in [5, 5.41) is 1.06. The number of carbonyl (C=O) groups excluding carboxylic acids is 2. The lowest BCUT2D eigenvalue weighted by molar-refractivity contribution is -0.241. The first kappa shape index (κ1) is 15.5. The molecule has 2 unspecified atom stereocenters. The van der Waals surface area contributed by atoms with Gasteiger partial charge in [-0.25, -0.2) is 4.79 Å². The Bertz CT molecular complexity index is 516. The molecule has 1 amide bonds. The van der Waals surface area contributed by atoms with Gasteiger partial charge in [-0.1, -0.05) is 30.3 Å². The summed E-state index contributed by atoms with van der Waals surface area (Å²) < 4.78 is 5.69. The highest BCUT2D eigenvalue weighted by Gasteiger charge is 2.55. The van der Waals surface area contributed by atoms with Gasteiger partial charge in [0.1, 0.15) is 5.92 Å². The highest BCUT2D eigenvalue weighted by molar-refractivity contribution is 5.82. The van der Waals surface area contributed by atoms with Gasteiger partial charge in [0.15, 0.2) is 5.72 Å². The summed E-state index contributed by atoms with van der Waals surface area (Å²) in [7, 11) is 0. The Morgan fingerprint density at radius 3 is 2.62 bits per heavy atom. The Morgan fingerprint density at radius 2 is 2.05 bits per heavy atom. The summed E-state index contributed by atoms with van der Waals surface area (Å²) in [5.41, 5.74) is 0.109. The van der Waals surface area contributed by atoms with Crippen LogP contribution >= 0.6 is 0 Å². The second kappa shape index (κ2) is 6.26. The quantitative estimate of drug-likeness (QED) is 0.835. The van der Waals surface area contributed by atoms with Crippen LogP contribution in [0.15, 0.2) is 30.3 Å². The molecule has 1 fully saturated rings. The maximum absolute atomic E-state index is 12.1. The zero-order chi connectivity index (χ0) is 15.5. The van der Waals surface area contributed by atoms with E-state index in [4.69, 9.17) is 9.57 Å². The van der Waals surface area contributed by atoms with Gasteiger partial charge in [0.05, 0.1) is 0 Å². The fourth-order valence-electron chi connectivity index (χ4n) is 2.77. The third kappa shape index (κ3) is 3.08. The first-order valence-corrected chi connectivity index (χ1v) is 7.19. The van der Waals surface area contributed by atoms with Crippen LogP contribution in [0.3, 0.4) is 0 Å². The number of aryl methyl sites for hydroxylation is 1. The van der Waals surface area contributed by atoms with Gasteiger partial charge in [-0.05, 0) is 32.3 Å². The summed E-state index contributed by atoms with van der Waals surface area (Å²) in [6.07, 6.45) is 1.30. The molecule has 5 nitrogen and oxygen atoms in total. The van der Waals surface area contributed by atoms with Crippen molar-refractivity contribution in [1.82, 2.24) is 5.06 Å². The summed E-state index contributed by atoms with van der Waals surface area (Å²) in [4.78, 5) is 28.9. The lowest BCUT2D eigenvalue weighted by Crippen LogP contribution is -2.49. The highest BCUT2D eigenvalue weighted by Crippen LogP contribution is 2.37. The van der Waals surface area contributed by atoms with Crippen LogP contribution in [0.2, 0.25) is 0 Å². The molecule has 0 bridgehead atoms. The number of hydrogen-bond acceptors (Lipinski definition) is 4. The van der Waals surface area contributed by atoms with Crippen molar-refractivity contribution in [2.75, 3.05) is 6.61 Å². The number of rotatable bonds is 5. The van der Waals surface area contributed by atoms with Crippen LogP contribution in [-0.4, -0.2) is 29.3 Å². The molecule has 5 heteroatoms. The molecule has 1 aromatic rings. The zero-order valence-corrected chi connectivity index (χ0v) is 12.7. The van der Waals surface area contributed by atoms with Crippen molar-refractivity contribution >= 4 is 11.9 Å². The minimum Gasteiger partial charge on any atom is -0.352 e. The number of nitrogens with zero attached hydrogens (tertiary/aromatic N) is 1. The number of ether oxygens (including phenoxy) is 1. The van der Waals surface area contributed by atoms with Gasteiger partial charge in [-0.15, -0.1) is 5.06 Å². The Balaban J connectivity index is 2.15. The average molecular weight is 291 g/mol. The van der Waals surface area contributed by atoms with Gasteiger partial charge in [0, 0.05) is 13.5 Å². The molecule has 1 aliphatic heterocycles. The lowest BCUT2D eigenvalue weighted by Gasteiger charge is -2.33. The Hall–Kier alpha value is -1.88. The van der Waals surface area contributed by atoms with Gasteiger partial charge in [-0.2, -0.15) is 0 Å². The minimum atomic E-state index is -1.04. The molecule has 2 atom stereocenters. The number of hydrogen-bond donors (Lipinski definition) is 0. The fraction of sp³-hybridized carbons (Fsp3) is 0.500. The predicted octanol–water partition coefficient (Wildman–Crippen LogP) is 2.31. The second-order valence-electron chi connectivity index (χ2n) is 5.29. The number of carbonyl (C=O) groups is 2. The maximum Gasteiger partial charge on any atom is 0.340 e. The smallest absolute Gasteiger partial charge is 0.340 e. The molecular formula is C16H21NO4. The Morgan fingerprint density at radius 1 is 1.38 bits per heavy atom. The molecule has 0 spiro atoms. The number of amides is 1. The normalized spacial score (nSPS) is 25.0. The average Bonchev–Trinajstić information content (AvgIpc) is 2.70. The minimum absolute atomic E-state index is 0.332. The second-order valence-corrected chi connectivity index (χ2v) is 5.29. The fourth-order valence-corrected chi connectivity index (χ4v) is 2.77. The van der Waals surface area contributed by atoms with Crippen LogP contribution in [0.25, 0.3) is 0 Å². The van der Waals surface area contributed by atoms with E-state index in [0.29, 0.717) is 13.0 Å². The molecule has 1 aliphatic rings. The monoisotopic (exact) mass is 291 g/mol. The Kier molecular flexibility index (Phi) is 4.63. The van der Waals surface area contributed by atoms with E-state index in [1.165, 1.54) is 6.92 Å². The summed E-state index contributed by atoms with van der Waals surface area (Å²) in [6.45, 7) is 5.34. The third-order valence-electron chi connectivity index (χ3n) is 3.80. The largest absolute Gasteiger partial charge is 0.352 e. The van der Waals surface area contributed by atoms with Crippen molar-refractivity contribution in [2.45, 2.75) is 39.3 Å². The van der Waals surface area contributed by atoms with Crippen molar-refractivity contribution in [1.29, 1.82) is 0 Å². The molecule has 0 saturated carbocycles. The molecule has 1 aromatic carbocycles. The van der Waals surface area contributed by atoms with E-state index in [2.05, 4.69) is 0 Å². The van der Waals surface area contributed by atoms with Crippen LogP contribution < -0.4 is 0 Å². The third-order valence-corrected chi connectivity index (χ3v) is 3.80. The van der Waals surface area contributed by atoms with E-state index in [0.717, 1.165) is 17.0 Å². The van der Waals surface area contributed by atoms with Crippen LogP contribution in [0, 0.1) is 5.92 Å². The van der Waals surface area contributed by atoms with E-state index in [9.17, 15) is 9.59 Å². The number of benzene rings is 1. The Labute approximate surface area is 124 Å². The van der Waals surface area contributed by atoms with Crippen LogP contribution in [0.5, 0.6) is 0 Å². The summed E-state index contributed by atoms with van der Waals surface area (Å²) >= 11 is 0. The number of hydroxylamine groups is 2. The molecular weight excluding hydrogens is 270 g/mol. The first-order valence-electron chi connectivity index (χ1n) is 7.19. The van der Waals surface area contributed by atoms with Crippen molar-refractivity contribution in [2.24, 2.45) is 5.92 Å². The molecule has 0 N–H and O–H groups in total. The molecule has 2 rings (SSSR count). The molecule has 0 aliphatic carbocycles. The molecule has 1 saturated heterocycles. The van der Waals surface area contributed by atoms with Crippen LogP contribution in [0.1, 0.15) is 32.8 Å². The van der Waals surface area contributed by atoms with Gasteiger partial charge < -0.3 is 9.57 Å². The van der Waals surface area contributed by atoms with Crippen molar-refractivity contribution in [3.63, 3.8) is 0 Å². The summed E-state index contributed by atoms with van der Waals surface area (Å²) in [5.74, 6) is -1.22. The molecule has 1 heterocycles. The highest BCUT2D eigenvalue weighted by atomic mass is 16.8. The predicted molar refractivity (Wildman–Crippen MR) is 76.9 cm³/mol. The van der Waals surface area contributed by atoms with Crippen molar-refractivity contribution < 1.29 is 19.2 Å². The van der Waals surface area contributed by atoms with Gasteiger partial charge in [-0.3, -0.25) is 4.79 Å². The van der Waals surface area contributed by atoms with E-state index in [-0.39, 0.29) is 5.91 Å². The zero-order valence-electron chi connectivity index (χ0n) is 12.7. The lowest BCUT2D eigenvalue weighted by atomic mass is 9.91. The van der Waals surface area contributed by atoms with E-state index in [1.807, 2.05) is 37.3 Å². The topological polar surface area (TPSA) is 55.8 Å². The first-order chi connectivity index (χ1) is 9.99.